The van der Waals surface area contributed by atoms with E-state index in [9.17, 15) is 0 Å². The Balaban J connectivity index is 4.38. The fourth-order valence-electron chi connectivity index (χ4n) is 1.89. The molecule has 0 aliphatic rings. The lowest BCUT2D eigenvalue weighted by Gasteiger charge is -2.33. The zero-order valence-corrected chi connectivity index (χ0v) is 12.3. The molecule has 0 unspecified atom stereocenters. The Morgan fingerprint density at radius 1 is 0.688 bits per heavy atom. The minimum Gasteiger partial charge on any atom is -0.349 e. The van der Waals surface area contributed by atoms with Gasteiger partial charge in [-0.25, -0.2) is 0 Å². The number of nitrogens with zero attached hydrogens (tertiary/aromatic N) is 2. The topological polar surface area (TPSA) is 6.48 Å². The van der Waals surface area contributed by atoms with Crippen molar-refractivity contribution in [3.8, 4) is 0 Å². The molecule has 96 valence electrons. The number of hydrogen-bond donors (Lipinski definition) is 0. The average Bonchev–Trinajstić information content (AvgIpc) is 2.27. The van der Waals surface area contributed by atoms with Gasteiger partial charge in [0.15, 0.2) is 5.11 Å². The molecule has 0 saturated carbocycles. The summed E-state index contributed by atoms with van der Waals surface area (Å²) in [5, 5.41) is 1.06. The van der Waals surface area contributed by atoms with E-state index in [4.69, 9.17) is 12.2 Å². The van der Waals surface area contributed by atoms with Gasteiger partial charge >= 0.3 is 0 Å². The molecule has 0 spiro atoms. The largest absolute Gasteiger partial charge is 0.349 e. The van der Waals surface area contributed by atoms with E-state index >= 15 is 0 Å². The monoisotopic (exact) mass is 244 g/mol. The molecular formula is C13H28N2S. The van der Waals surface area contributed by atoms with Crippen LogP contribution in [0.4, 0.5) is 0 Å². The second-order valence-corrected chi connectivity index (χ2v) is 4.62. The summed E-state index contributed by atoms with van der Waals surface area (Å²) in [6.07, 6.45) is 4.69. The standard InChI is InChI=1S/C13H28N2S/c1-5-9-14(10-6-2)13(16)15(11-7-3)12-8-4/h5-12H2,1-4H3. The maximum absolute atomic E-state index is 5.61. The molecule has 0 amide bonds. The van der Waals surface area contributed by atoms with Crippen molar-refractivity contribution in [2.75, 3.05) is 26.2 Å². The quantitative estimate of drug-likeness (QED) is 0.603. The molecular weight excluding hydrogens is 216 g/mol. The van der Waals surface area contributed by atoms with Gasteiger partial charge in [0.2, 0.25) is 0 Å². The zero-order valence-electron chi connectivity index (χ0n) is 11.5. The second-order valence-electron chi connectivity index (χ2n) is 4.26. The summed E-state index contributed by atoms with van der Waals surface area (Å²) in [5.41, 5.74) is 0. The van der Waals surface area contributed by atoms with Crippen LogP contribution in [0.3, 0.4) is 0 Å². The van der Waals surface area contributed by atoms with Crippen molar-refractivity contribution in [3.63, 3.8) is 0 Å². The lowest BCUT2D eigenvalue weighted by molar-refractivity contribution is 0.325. The van der Waals surface area contributed by atoms with E-state index in [0.717, 1.165) is 31.3 Å². The van der Waals surface area contributed by atoms with Crippen molar-refractivity contribution < 1.29 is 0 Å². The van der Waals surface area contributed by atoms with Crippen molar-refractivity contribution in [2.24, 2.45) is 0 Å². The minimum atomic E-state index is 1.06. The normalized spacial score (nSPS) is 10.2. The molecule has 3 heteroatoms. The molecule has 0 aromatic rings. The van der Waals surface area contributed by atoms with Gasteiger partial charge in [-0.1, -0.05) is 27.7 Å². The van der Waals surface area contributed by atoms with Gasteiger partial charge in [-0.2, -0.15) is 0 Å². The predicted octanol–water partition coefficient (Wildman–Crippen LogP) is 3.52. The van der Waals surface area contributed by atoms with Gasteiger partial charge in [0.1, 0.15) is 0 Å². The van der Waals surface area contributed by atoms with Crippen LogP contribution in [0.25, 0.3) is 0 Å². The highest BCUT2D eigenvalue weighted by Crippen LogP contribution is 2.05. The molecule has 0 atom stereocenters. The van der Waals surface area contributed by atoms with E-state index in [2.05, 4.69) is 37.5 Å². The van der Waals surface area contributed by atoms with Gasteiger partial charge in [0.05, 0.1) is 0 Å². The van der Waals surface area contributed by atoms with E-state index in [1.165, 1.54) is 25.7 Å². The van der Waals surface area contributed by atoms with E-state index in [1.807, 2.05) is 0 Å². The van der Waals surface area contributed by atoms with Crippen LogP contribution in [0.1, 0.15) is 53.4 Å². The first kappa shape index (κ1) is 15.7. The van der Waals surface area contributed by atoms with Gasteiger partial charge in [-0.15, -0.1) is 0 Å². The summed E-state index contributed by atoms with van der Waals surface area (Å²) in [5.74, 6) is 0. The number of thiocarbonyl (C=S) groups is 1. The fourth-order valence-corrected chi connectivity index (χ4v) is 2.25. The first-order valence-corrected chi connectivity index (χ1v) is 7.15. The minimum absolute atomic E-state index is 1.06. The van der Waals surface area contributed by atoms with Crippen molar-refractivity contribution in [1.82, 2.24) is 9.80 Å². The molecule has 0 bridgehead atoms. The van der Waals surface area contributed by atoms with Crippen molar-refractivity contribution in [1.29, 1.82) is 0 Å². The molecule has 0 aromatic heterocycles. The Labute approximate surface area is 107 Å². The molecule has 16 heavy (non-hydrogen) atoms. The van der Waals surface area contributed by atoms with E-state index in [-0.39, 0.29) is 0 Å². The number of rotatable bonds is 8. The van der Waals surface area contributed by atoms with Gasteiger partial charge in [-0.3, -0.25) is 0 Å². The molecule has 0 fully saturated rings. The molecule has 2 nitrogen and oxygen atoms in total. The summed E-state index contributed by atoms with van der Waals surface area (Å²) < 4.78 is 0. The zero-order chi connectivity index (χ0) is 12.4. The van der Waals surface area contributed by atoms with Crippen LogP contribution in [-0.4, -0.2) is 41.1 Å². The molecule has 0 rings (SSSR count). The second kappa shape index (κ2) is 9.88. The summed E-state index contributed by atoms with van der Waals surface area (Å²) in [6.45, 7) is 13.2. The maximum atomic E-state index is 5.61. The molecule has 0 radical (unpaired) electrons. The van der Waals surface area contributed by atoms with Crippen LogP contribution in [-0.2, 0) is 0 Å². The Morgan fingerprint density at radius 2 is 0.938 bits per heavy atom. The highest BCUT2D eigenvalue weighted by Gasteiger charge is 2.13. The van der Waals surface area contributed by atoms with Crippen LogP contribution in [0, 0.1) is 0 Å². The summed E-state index contributed by atoms with van der Waals surface area (Å²) in [4.78, 5) is 4.72. The highest BCUT2D eigenvalue weighted by atomic mass is 32.1. The summed E-state index contributed by atoms with van der Waals surface area (Å²) in [7, 11) is 0. The van der Waals surface area contributed by atoms with E-state index in [1.54, 1.807) is 0 Å². The third kappa shape index (κ3) is 5.69. The van der Waals surface area contributed by atoms with Crippen LogP contribution in [0.2, 0.25) is 0 Å². The molecule has 0 N–H and O–H groups in total. The predicted molar refractivity (Wildman–Crippen MR) is 76.9 cm³/mol. The number of hydrogen-bond acceptors (Lipinski definition) is 1. The summed E-state index contributed by atoms with van der Waals surface area (Å²) >= 11 is 5.61. The van der Waals surface area contributed by atoms with Crippen molar-refractivity contribution in [3.05, 3.63) is 0 Å². The third-order valence-electron chi connectivity index (χ3n) is 2.52. The lowest BCUT2D eigenvalue weighted by Crippen LogP contribution is -2.44. The lowest BCUT2D eigenvalue weighted by atomic mass is 10.3. The molecule has 0 heterocycles. The van der Waals surface area contributed by atoms with Crippen LogP contribution >= 0.6 is 12.2 Å². The van der Waals surface area contributed by atoms with E-state index < -0.39 is 0 Å². The Bertz CT molecular complexity index is 153. The van der Waals surface area contributed by atoms with Gasteiger partial charge < -0.3 is 9.80 Å². The third-order valence-corrected chi connectivity index (χ3v) is 3.03. The Morgan fingerprint density at radius 3 is 1.12 bits per heavy atom. The maximum Gasteiger partial charge on any atom is 0.171 e. The highest BCUT2D eigenvalue weighted by molar-refractivity contribution is 7.80. The van der Waals surface area contributed by atoms with Crippen molar-refractivity contribution >= 4 is 17.3 Å². The van der Waals surface area contributed by atoms with Crippen LogP contribution < -0.4 is 0 Å². The SMILES string of the molecule is CCCN(CCC)C(=S)N(CCC)CCC. The van der Waals surface area contributed by atoms with Crippen LogP contribution in [0.5, 0.6) is 0 Å². The molecule has 0 aliphatic carbocycles. The van der Waals surface area contributed by atoms with Crippen LogP contribution in [0.15, 0.2) is 0 Å². The van der Waals surface area contributed by atoms with Gasteiger partial charge in [-0.05, 0) is 37.9 Å². The summed E-state index contributed by atoms with van der Waals surface area (Å²) in [6, 6.07) is 0. The molecule has 0 saturated heterocycles. The van der Waals surface area contributed by atoms with Gasteiger partial charge in [0.25, 0.3) is 0 Å². The fraction of sp³-hybridized carbons (Fsp3) is 0.923. The Kier molecular flexibility index (Phi) is 9.69. The molecule has 0 aliphatic heterocycles. The smallest absolute Gasteiger partial charge is 0.171 e. The first-order chi connectivity index (χ1) is 7.71. The van der Waals surface area contributed by atoms with E-state index in [0.29, 0.717) is 0 Å². The molecule has 0 aromatic carbocycles. The Hall–Kier alpha value is -0.310. The van der Waals surface area contributed by atoms with Gasteiger partial charge in [0, 0.05) is 26.2 Å². The van der Waals surface area contributed by atoms with Crippen molar-refractivity contribution in [2.45, 2.75) is 53.4 Å². The average molecular weight is 244 g/mol. The first-order valence-electron chi connectivity index (χ1n) is 6.74.